The number of aryl methyl sites for hydroxylation is 1. The summed E-state index contributed by atoms with van der Waals surface area (Å²) in [6.07, 6.45) is 1.68. The fraction of sp³-hybridized carbons (Fsp3) is 0.143. The number of benzene rings is 1. The van der Waals surface area contributed by atoms with E-state index in [1.165, 1.54) is 10.9 Å². The molecule has 2 N–H and O–H groups in total. The second-order valence-corrected chi connectivity index (χ2v) is 6.98. The molecule has 1 aliphatic rings. The van der Waals surface area contributed by atoms with Crippen LogP contribution >= 0.6 is 0 Å². The summed E-state index contributed by atoms with van der Waals surface area (Å²) >= 11 is 0. The number of nitrogens with zero attached hydrogens (tertiary/aromatic N) is 2. The highest BCUT2D eigenvalue weighted by atomic mass is 16.3. The summed E-state index contributed by atoms with van der Waals surface area (Å²) in [4.78, 5) is 37.3. The molecule has 4 heterocycles. The van der Waals surface area contributed by atoms with E-state index >= 15 is 0 Å². The first kappa shape index (κ1) is 17.9. The number of para-hydroxylation sites is 1. The Bertz CT molecular complexity index is 1350. The fourth-order valence-electron chi connectivity index (χ4n) is 3.70. The van der Waals surface area contributed by atoms with E-state index in [1.54, 1.807) is 43.4 Å². The second kappa shape index (κ2) is 6.73. The SMILES string of the molecule is Cn1nc(NC(=O)c2cc(=O)c3ccccc3o2)c2c1NC(=O)C[C@H]2c1ccco1. The van der Waals surface area contributed by atoms with Gasteiger partial charge in [-0.3, -0.25) is 19.1 Å². The predicted octanol–water partition coefficient (Wildman–Crippen LogP) is 2.85. The van der Waals surface area contributed by atoms with Crippen molar-refractivity contribution < 1.29 is 18.4 Å². The van der Waals surface area contributed by atoms with Crippen molar-refractivity contribution >= 4 is 34.4 Å². The summed E-state index contributed by atoms with van der Waals surface area (Å²) in [6.45, 7) is 0. The maximum absolute atomic E-state index is 12.9. The number of fused-ring (bicyclic) bond motifs is 2. The largest absolute Gasteiger partial charge is 0.469 e. The highest BCUT2D eigenvalue weighted by Gasteiger charge is 2.35. The van der Waals surface area contributed by atoms with Crippen LogP contribution in [0.25, 0.3) is 11.0 Å². The van der Waals surface area contributed by atoms with E-state index in [9.17, 15) is 14.4 Å². The van der Waals surface area contributed by atoms with Gasteiger partial charge in [0.2, 0.25) is 5.91 Å². The molecular formula is C21H16N4O5. The van der Waals surface area contributed by atoms with Crippen molar-refractivity contribution in [2.24, 2.45) is 7.05 Å². The van der Waals surface area contributed by atoms with Gasteiger partial charge in [0.15, 0.2) is 17.0 Å². The van der Waals surface area contributed by atoms with Crippen LogP contribution in [0.1, 0.15) is 34.2 Å². The quantitative estimate of drug-likeness (QED) is 0.542. The summed E-state index contributed by atoms with van der Waals surface area (Å²) in [6, 6.07) is 11.4. The zero-order chi connectivity index (χ0) is 20.8. The number of carbonyl (C=O) groups excluding carboxylic acids is 2. The third-order valence-corrected chi connectivity index (χ3v) is 5.06. The van der Waals surface area contributed by atoms with Crippen molar-refractivity contribution in [2.45, 2.75) is 12.3 Å². The molecule has 0 spiro atoms. The molecule has 4 aromatic rings. The monoisotopic (exact) mass is 404 g/mol. The van der Waals surface area contributed by atoms with Gasteiger partial charge in [0.05, 0.1) is 23.1 Å². The Kier molecular flexibility index (Phi) is 4.02. The molecule has 9 heteroatoms. The Labute approximate surface area is 169 Å². The number of hydrogen-bond donors (Lipinski definition) is 2. The number of anilines is 2. The van der Waals surface area contributed by atoms with E-state index in [0.717, 1.165) is 6.07 Å². The Hall–Kier alpha value is -4.14. The van der Waals surface area contributed by atoms with Crippen LogP contribution in [0.15, 0.2) is 62.4 Å². The maximum atomic E-state index is 12.9. The molecule has 0 saturated carbocycles. The molecule has 0 aliphatic carbocycles. The molecule has 1 aliphatic heterocycles. The molecule has 0 fully saturated rings. The lowest BCUT2D eigenvalue weighted by Crippen LogP contribution is -2.25. The number of hydrogen-bond acceptors (Lipinski definition) is 6. The van der Waals surface area contributed by atoms with Gasteiger partial charge in [0.1, 0.15) is 17.2 Å². The minimum absolute atomic E-state index is 0.132. The van der Waals surface area contributed by atoms with Gasteiger partial charge in [0.25, 0.3) is 5.91 Å². The lowest BCUT2D eigenvalue weighted by molar-refractivity contribution is -0.116. The molecule has 0 bridgehead atoms. The van der Waals surface area contributed by atoms with Gasteiger partial charge in [-0.1, -0.05) is 12.1 Å². The Morgan fingerprint density at radius 3 is 2.87 bits per heavy atom. The van der Waals surface area contributed by atoms with Gasteiger partial charge in [-0.15, -0.1) is 0 Å². The summed E-state index contributed by atoms with van der Waals surface area (Å²) in [5.41, 5.74) is 0.633. The van der Waals surface area contributed by atoms with Gasteiger partial charge in [-0.2, -0.15) is 5.10 Å². The Morgan fingerprint density at radius 1 is 1.23 bits per heavy atom. The average molecular weight is 404 g/mol. The molecule has 0 radical (unpaired) electrons. The molecule has 0 unspecified atom stereocenters. The highest BCUT2D eigenvalue weighted by Crippen LogP contribution is 2.41. The maximum Gasteiger partial charge on any atom is 0.292 e. The van der Waals surface area contributed by atoms with E-state index in [-0.39, 0.29) is 29.3 Å². The predicted molar refractivity (Wildman–Crippen MR) is 107 cm³/mol. The zero-order valence-electron chi connectivity index (χ0n) is 15.8. The van der Waals surface area contributed by atoms with Crippen molar-refractivity contribution in [3.05, 3.63) is 76.0 Å². The topological polar surface area (TPSA) is 119 Å². The van der Waals surface area contributed by atoms with Crippen LogP contribution in [0.5, 0.6) is 0 Å². The molecule has 30 heavy (non-hydrogen) atoms. The first-order chi connectivity index (χ1) is 14.5. The fourth-order valence-corrected chi connectivity index (χ4v) is 3.70. The normalized spacial score (nSPS) is 15.6. The lowest BCUT2D eigenvalue weighted by atomic mass is 9.91. The Morgan fingerprint density at radius 2 is 2.07 bits per heavy atom. The van der Waals surface area contributed by atoms with Crippen LogP contribution in [-0.2, 0) is 11.8 Å². The van der Waals surface area contributed by atoms with Crippen molar-refractivity contribution in [3.63, 3.8) is 0 Å². The van der Waals surface area contributed by atoms with E-state index in [4.69, 9.17) is 8.83 Å². The van der Waals surface area contributed by atoms with Crippen LogP contribution in [0.4, 0.5) is 11.6 Å². The number of rotatable bonds is 3. The zero-order valence-corrected chi connectivity index (χ0v) is 15.8. The molecular weight excluding hydrogens is 388 g/mol. The smallest absolute Gasteiger partial charge is 0.292 e. The molecule has 150 valence electrons. The molecule has 1 aromatic carbocycles. The van der Waals surface area contributed by atoms with Gasteiger partial charge in [-0.25, -0.2) is 0 Å². The van der Waals surface area contributed by atoms with Crippen molar-refractivity contribution in [1.29, 1.82) is 0 Å². The minimum atomic E-state index is -0.617. The minimum Gasteiger partial charge on any atom is -0.469 e. The summed E-state index contributed by atoms with van der Waals surface area (Å²) in [5, 5.41) is 10.2. The number of amides is 2. The van der Waals surface area contributed by atoms with Crippen LogP contribution < -0.4 is 16.1 Å². The first-order valence-electron chi connectivity index (χ1n) is 9.25. The molecule has 3 aromatic heterocycles. The second-order valence-electron chi connectivity index (χ2n) is 6.98. The van der Waals surface area contributed by atoms with E-state index in [2.05, 4.69) is 15.7 Å². The number of furan rings is 1. The van der Waals surface area contributed by atoms with Crippen LogP contribution in [-0.4, -0.2) is 21.6 Å². The van der Waals surface area contributed by atoms with Gasteiger partial charge in [-0.05, 0) is 24.3 Å². The summed E-state index contributed by atoms with van der Waals surface area (Å²) in [7, 11) is 1.66. The lowest BCUT2D eigenvalue weighted by Gasteiger charge is -2.22. The molecule has 9 nitrogen and oxygen atoms in total. The standard InChI is InChI=1S/C21H16N4O5/c1-25-20-18(12(9-17(27)22-20)14-7-4-8-29-14)19(24-25)23-21(28)16-10-13(26)11-5-2-3-6-15(11)30-16/h2-8,10,12H,9H2,1H3,(H,22,27)(H,23,24,28)/t12-/m0/s1. The van der Waals surface area contributed by atoms with Crippen LogP contribution in [0.3, 0.4) is 0 Å². The van der Waals surface area contributed by atoms with E-state index in [0.29, 0.717) is 28.1 Å². The summed E-state index contributed by atoms with van der Waals surface area (Å²) in [5.74, 6) is -0.00698. The third kappa shape index (κ3) is 2.87. The van der Waals surface area contributed by atoms with Crippen molar-refractivity contribution in [2.75, 3.05) is 10.6 Å². The van der Waals surface area contributed by atoms with Crippen LogP contribution in [0, 0.1) is 0 Å². The summed E-state index contributed by atoms with van der Waals surface area (Å²) < 4.78 is 12.6. The molecule has 1 atom stereocenters. The first-order valence-corrected chi connectivity index (χ1v) is 9.25. The van der Waals surface area contributed by atoms with Crippen molar-refractivity contribution in [3.8, 4) is 0 Å². The van der Waals surface area contributed by atoms with Crippen LogP contribution in [0.2, 0.25) is 0 Å². The molecule has 5 rings (SSSR count). The number of aromatic nitrogens is 2. The molecule has 0 saturated heterocycles. The number of carbonyl (C=O) groups is 2. The van der Waals surface area contributed by atoms with E-state index in [1.807, 2.05) is 0 Å². The highest BCUT2D eigenvalue weighted by molar-refractivity contribution is 6.04. The van der Waals surface area contributed by atoms with E-state index < -0.39 is 11.8 Å². The van der Waals surface area contributed by atoms with Gasteiger partial charge >= 0.3 is 0 Å². The third-order valence-electron chi connectivity index (χ3n) is 5.06. The van der Waals surface area contributed by atoms with Gasteiger partial charge < -0.3 is 19.5 Å². The number of nitrogens with one attached hydrogen (secondary N) is 2. The molecule has 2 amide bonds. The Balaban J connectivity index is 1.55. The average Bonchev–Trinajstić information content (AvgIpc) is 3.36. The van der Waals surface area contributed by atoms with Gasteiger partial charge in [0, 0.05) is 19.5 Å². The van der Waals surface area contributed by atoms with Crippen molar-refractivity contribution in [1.82, 2.24) is 9.78 Å².